The molecule has 3 nitrogen and oxygen atoms in total. The normalized spacial score (nSPS) is 16.5. The number of carbonyl (C=O) groups is 1. The number of benzene rings is 2. The number of thioether (sulfide) groups is 1. The van der Waals surface area contributed by atoms with Crippen molar-refractivity contribution in [2.24, 2.45) is 0 Å². The van der Waals surface area contributed by atoms with Gasteiger partial charge in [-0.05, 0) is 60.1 Å². The lowest BCUT2D eigenvalue weighted by Crippen LogP contribution is -2.28. The molecule has 1 N–H and O–H groups in total. The Hall–Kier alpha value is -2.11. The van der Waals surface area contributed by atoms with Crippen LogP contribution in [0.2, 0.25) is 0 Å². The molecule has 0 spiro atoms. The summed E-state index contributed by atoms with van der Waals surface area (Å²) in [6, 6.07) is 9.97. The van der Waals surface area contributed by atoms with E-state index < -0.39 is 0 Å². The number of aromatic hydroxyl groups is 1. The van der Waals surface area contributed by atoms with E-state index in [0.717, 1.165) is 33.5 Å². The zero-order chi connectivity index (χ0) is 23.3. The van der Waals surface area contributed by atoms with Crippen molar-refractivity contribution < 1.29 is 9.90 Å². The molecule has 1 amide bonds. The van der Waals surface area contributed by atoms with Gasteiger partial charge in [0, 0.05) is 11.1 Å². The molecule has 0 bridgehead atoms. The van der Waals surface area contributed by atoms with Crippen LogP contribution in [0.4, 0.5) is 5.69 Å². The predicted octanol–water partition coefficient (Wildman–Crippen LogP) is 7.01. The molecule has 1 heterocycles. The highest BCUT2D eigenvalue weighted by molar-refractivity contribution is 8.27. The fourth-order valence-corrected chi connectivity index (χ4v) is 5.05. The number of hydrogen-bond acceptors (Lipinski definition) is 4. The van der Waals surface area contributed by atoms with Crippen LogP contribution in [0, 0.1) is 13.8 Å². The molecule has 1 aliphatic heterocycles. The van der Waals surface area contributed by atoms with E-state index in [1.807, 2.05) is 44.2 Å². The Labute approximate surface area is 195 Å². The summed E-state index contributed by atoms with van der Waals surface area (Å²) in [6.45, 7) is 16.5. The molecule has 3 rings (SSSR count). The van der Waals surface area contributed by atoms with Gasteiger partial charge in [0.25, 0.3) is 5.91 Å². The molecule has 0 saturated carbocycles. The van der Waals surface area contributed by atoms with E-state index in [9.17, 15) is 9.90 Å². The molecular weight excluding hydrogens is 422 g/mol. The Morgan fingerprint density at radius 3 is 2.00 bits per heavy atom. The summed E-state index contributed by atoms with van der Waals surface area (Å²) in [5.74, 6) is 0.227. The molecular formula is C26H31NO2S2. The molecule has 1 saturated heterocycles. The van der Waals surface area contributed by atoms with Crippen molar-refractivity contribution in [3.05, 3.63) is 63.1 Å². The van der Waals surface area contributed by atoms with E-state index >= 15 is 0 Å². The average Bonchev–Trinajstić information content (AvgIpc) is 2.88. The van der Waals surface area contributed by atoms with Gasteiger partial charge in [-0.3, -0.25) is 9.69 Å². The second-order valence-corrected chi connectivity index (χ2v) is 11.9. The number of anilines is 1. The number of rotatable bonds is 2. The summed E-state index contributed by atoms with van der Waals surface area (Å²) in [5.41, 5.74) is 5.18. The Balaban J connectivity index is 2.09. The highest BCUT2D eigenvalue weighted by atomic mass is 32.2. The molecule has 0 radical (unpaired) electrons. The third-order valence-electron chi connectivity index (χ3n) is 5.43. The van der Waals surface area contributed by atoms with Crippen molar-refractivity contribution in [2.75, 3.05) is 4.90 Å². The van der Waals surface area contributed by atoms with Crippen LogP contribution >= 0.6 is 24.0 Å². The van der Waals surface area contributed by atoms with Crippen molar-refractivity contribution in [3.8, 4) is 5.75 Å². The zero-order valence-electron chi connectivity index (χ0n) is 19.6. The average molecular weight is 454 g/mol. The lowest BCUT2D eigenvalue weighted by Gasteiger charge is -2.28. The largest absolute Gasteiger partial charge is 0.507 e. The molecule has 0 unspecified atom stereocenters. The molecule has 0 aliphatic carbocycles. The second kappa shape index (κ2) is 8.10. The predicted molar refractivity (Wildman–Crippen MR) is 137 cm³/mol. The first-order chi connectivity index (χ1) is 14.2. The van der Waals surface area contributed by atoms with Crippen LogP contribution in [0.25, 0.3) is 6.08 Å². The number of carbonyl (C=O) groups excluding carboxylic acids is 1. The third-order valence-corrected chi connectivity index (χ3v) is 6.74. The summed E-state index contributed by atoms with van der Waals surface area (Å²) in [7, 11) is 0. The van der Waals surface area contributed by atoms with Gasteiger partial charge in [-0.25, -0.2) is 0 Å². The first kappa shape index (κ1) is 23.6. The second-order valence-electron chi connectivity index (χ2n) is 10.3. The Kier molecular flexibility index (Phi) is 6.16. The van der Waals surface area contributed by atoms with E-state index in [1.165, 1.54) is 11.8 Å². The standard InChI is InChI=1S/C26H31NO2S2/c1-15-9-10-20(16(2)11-15)27-23(29)21(31-24(27)30)14-17-12-18(25(3,4)5)22(28)19(13-17)26(6,7)8/h9-14,28H,1-8H3/b21-14+. The van der Waals surface area contributed by atoms with Crippen LogP contribution in [0.15, 0.2) is 35.2 Å². The van der Waals surface area contributed by atoms with Crippen molar-refractivity contribution in [1.29, 1.82) is 0 Å². The Bertz CT molecular complexity index is 1070. The summed E-state index contributed by atoms with van der Waals surface area (Å²) < 4.78 is 0.536. The maximum Gasteiger partial charge on any atom is 0.270 e. The van der Waals surface area contributed by atoms with Crippen LogP contribution in [-0.4, -0.2) is 15.3 Å². The van der Waals surface area contributed by atoms with Crippen molar-refractivity contribution >= 4 is 46.0 Å². The lowest BCUT2D eigenvalue weighted by molar-refractivity contribution is -0.113. The number of phenols is 1. The highest BCUT2D eigenvalue weighted by Gasteiger charge is 2.34. The van der Waals surface area contributed by atoms with Gasteiger partial charge >= 0.3 is 0 Å². The monoisotopic (exact) mass is 453 g/mol. The van der Waals surface area contributed by atoms with Crippen LogP contribution in [-0.2, 0) is 15.6 Å². The van der Waals surface area contributed by atoms with Crippen LogP contribution in [0.5, 0.6) is 5.75 Å². The Morgan fingerprint density at radius 1 is 0.968 bits per heavy atom. The van der Waals surface area contributed by atoms with Crippen molar-refractivity contribution in [1.82, 2.24) is 0 Å². The summed E-state index contributed by atoms with van der Waals surface area (Å²) in [5, 5.41) is 11.0. The molecule has 1 aliphatic rings. The van der Waals surface area contributed by atoms with Crippen LogP contribution in [0.1, 0.15) is 69.4 Å². The van der Waals surface area contributed by atoms with E-state index in [2.05, 4.69) is 47.6 Å². The number of nitrogens with zero attached hydrogens (tertiary/aromatic N) is 1. The first-order valence-corrected chi connectivity index (χ1v) is 11.7. The summed E-state index contributed by atoms with van der Waals surface area (Å²) in [6.07, 6.45) is 1.90. The van der Waals surface area contributed by atoms with Gasteiger partial charge in [-0.15, -0.1) is 0 Å². The topological polar surface area (TPSA) is 40.5 Å². The molecule has 2 aromatic carbocycles. The van der Waals surface area contributed by atoms with Gasteiger partial charge in [0.15, 0.2) is 4.32 Å². The number of phenolic OH excluding ortho intramolecular Hbond substituents is 1. The Morgan fingerprint density at radius 2 is 1.52 bits per heavy atom. The smallest absolute Gasteiger partial charge is 0.270 e. The van der Waals surface area contributed by atoms with Gasteiger partial charge in [-0.1, -0.05) is 83.2 Å². The summed E-state index contributed by atoms with van der Waals surface area (Å²) >= 11 is 6.89. The summed E-state index contributed by atoms with van der Waals surface area (Å²) in [4.78, 5) is 15.5. The molecule has 1 fully saturated rings. The number of aryl methyl sites for hydroxylation is 2. The van der Waals surface area contributed by atoms with Gasteiger partial charge in [0.05, 0.1) is 10.6 Å². The minimum Gasteiger partial charge on any atom is -0.507 e. The fourth-order valence-electron chi connectivity index (χ4n) is 3.77. The fraction of sp³-hybridized carbons (Fsp3) is 0.385. The molecule has 5 heteroatoms. The molecule has 2 aromatic rings. The first-order valence-electron chi connectivity index (χ1n) is 10.4. The third kappa shape index (κ3) is 4.73. The quantitative estimate of drug-likeness (QED) is 0.392. The van der Waals surface area contributed by atoms with E-state index in [1.54, 1.807) is 4.90 Å². The van der Waals surface area contributed by atoms with Gasteiger partial charge in [0.2, 0.25) is 0 Å². The molecule has 164 valence electrons. The minimum absolute atomic E-state index is 0.107. The van der Waals surface area contributed by atoms with Gasteiger partial charge in [0.1, 0.15) is 5.75 Å². The number of hydrogen-bond donors (Lipinski definition) is 1. The van der Waals surface area contributed by atoms with Crippen LogP contribution in [0.3, 0.4) is 0 Å². The molecule has 31 heavy (non-hydrogen) atoms. The highest BCUT2D eigenvalue weighted by Crippen LogP contribution is 2.42. The van der Waals surface area contributed by atoms with E-state index in [-0.39, 0.29) is 16.7 Å². The van der Waals surface area contributed by atoms with Crippen molar-refractivity contribution in [2.45, 2.75) is 66.2 Å². The minimum atomic E-state index is -0.230. The van der Waals surface area contributed by atoms with Gasteiger partial charge in [-0.2, -0.15) is 0 Å². The van der Waals surface area contributed by atoms with Gasteiger partial charge < -0.3 is 5.11 Å². The van der Waals surface area contributed by atoms with E-state index in [4.69, 9.17) is 12.2 Å². The number of amides is 1. The van der Waals surface area contributed by atoms with Crippen molar-refractivity contribution in [3.63, 3.8) is 0 Å². The van der Waals surface area contributed by atoms with E-state index in [0.29, 0.717) is 15.0 Å². The lowest BCUT2D eigenvalue weighted by atomic mass is 9.78. The zero-order valence-corrected chi connectivity index (χ0v) is 21.2. The molecule has 0 aromatic heterocycles. The van der Waals surface area contributed by atoms with Crippen LogP contribution < -0.4 is 4.90 Å². The SMILES string of the molecule is Cc1ccc(N2C(=O)/C(=C\c3cc(C(C)(C)C)c(O)c(C(C)(C)C)c3)SC2=S)c(C)c1. The molecule has 0 atom stereocenters. The number of thiocarbonyl (C=S) groups is 1. The maximum atomic E-state index is 13.3. The maximum absolute atomic E-state index is 13.3.